The zero-order chi connectivity index (χ0) is 25.8. The zero-order valence-corrected chi connectivity index (χ0v) is 22.6. The molecule has 0 N–H and O–H groups in total. The number of morpholine rings is 1. The molecule has 1 heterocycles. The van der Waals surface area contributed by atoms with Gasteiger partial charge in [-0.3, -0.25) is 4.90 Å². The van der Waals surface area contributed by atoms with Gasteiger partial charge in [0.25, 0.3) is 0 Å². The van der Waals surface area contributed by atoms with Crippen LogP contribution in [0.4, 0.5) is 0 Å². The summed E-state index contributed by atoms with van der Waals surface area (Å²) < 4.78 is 22.0. The molecule has 0 aliphatic carbocycles. The lowest BCUT2D eigenvalue weighted by Crippen LogP contribution is -2.36. The van der Waals surface area contributed by atoms with E-state index in [0.29, 0.717) is 24.9 Å². The molecule has 194 valence electrons. The van der Waals surface area contributed by atoms with Crippen LogP contribution in [0.2, 0.25) is 0 Å². The summed E-state index contributed by atoms with van der Waals surface area (Å²) in [5.74, 6) is 9.07. The number of esters is 1. The van der Waals surface area contributed by atoms with E-state index in [4.69, 9.17) is 18.9 Å². The summed E-state index contributed by atoms with van der Waals surface area (Å²) in [7, 11) is 0. The van der Waals surface area contributed by atoms with Crippen molar-refractivity contribution in [2.45, 2.75) is 38.3 Å². The van der Waals surface area contributed by atoms with Gasteiger partial charge in [-0.1, -0.05) is 25.7 Å². The van der Waals surface area contributed by atoms with Crippen LogP contribution in [0.15, 0.2) is 41.3 Å². The summed E-state index contributed by atoms with van der Waals surface area (Å²) >= 11 is 1.74. The van der Waals surface area contributed by atoms with Crippen LogP contribution in [-0.4, -0.2) is 63.5 Å². The Kier molecular flexibility index (Phi) is 11.5. The van der Waals surface area contributed by atoms with Crippen molar-refractivity contribution < 1.29 is 23.7 Å². The van der Waals surface area contributed by atoms with Crippen molar-refractivity contribution in [3.8, 4) is 23.3 Å². The molecule has 0 aromatic heterocycles. The van der Waals surface area contributed by atoms with Crippen LogP contribution in [0.25, 0.3) is 0 Å². The first-order valence-corrected chi connectivity index (χ1v) is 13.5. The van der Waals surface area contributed by atoms with Gasteiger partial charge in [0.2, 0.25) is 0 Å². The lowest BCUT2D eigenvalue weighted by Gasteiger charge is -2.24. The molecular weight excluding hydrogens is 474 g/mol. The van der Waals surface area contributed by atoms with E-state index >= 15 is 0 Å². The Labute approximate surface area is 219 Å². The minimum Gasteiger partial charge on any atom is -0.493 e. The van der Waals surface area contributed by atoms with E-state index < -0.39 is 0 Å². The van der Waals surface area contributed by atoms with Gasteiger partial charge >= 0.3 is 5.97 Å². The summed E-state index contributed by atoms with van der Waals surface area (Å²) in [5.41, 5.74) is 3.12. The van der Waals surface area contributed by atoms with Crippen molar-refractivity contribution in [1.82, 2.24) is 4.90 Å². The number of nitrogens with zero attached hydrogens (tertiary/aromatic N) is 1. The summed E-state index contributed by atoms with van der Waals surface area (Å²) in [6, 6.07) is 12.3. The second-order valence-electron chi connectivity index (χ2n) is 9.07. The number of thioether (sulfide) groups is 1. The number of benzene rings is 2. The van der Waals surface area contributed by atoms with Gasteiger partial charge < -0.3 is 18.9 Å². The van der Waals surface area contributed by atoms with Crippen molar-refractivity contribution in [2.24, 2.45) is 5.92 Å². The molecule has 2 aromatic rings. The Bertz CT molecular complexity index is 1050. The van der Waals surface area contributed by atoms with E-state index in [2.05, 4.69) is 48.8 Å². The number of carbonyl (C=O) groups is 1. The maximum atomic E-state index is 11.6. The predicted octanol–water partition coefficient (Wildman–Crippen LogP) is 4.95. The lowest BCUT2D eigenvalue weighted by atomic mass is 10.1. The average molecular weight is 512 g/mol. The molecule has 0 saturated carbocycles. The van der Waals surface area contributed by atoms with Crippen LogP contribution in [0.1, 0.15) is 37.5 Å². The normalized spacial score (nSPS) is 13.7. The van der Waals surface area contributed by atoms with Crippen molar-refractivity contribution >= 4 is 17.7 Å². The highest BCUT2D eigenvalue weighted by molar-refractivity contribution is 7.98. The Balaban J connectivity index is 1.65. The first-order chi connectivity index (χ1) is 17.4. The Morgan fingerprint density at radius 2 is 1.94 bits per heavy atom. The largest absolute Gasteiger partial charge is 0.493 e. The fourth-order valence-electron chi connectivity index (χ4n) is 3.55. The summed E-state index contributed by atoms with van der Waals surface area (Å²) in [5, 5.41) is 0. The fraction of sp³-hybridized carbons (Fsp3) is 0.483. The Morgan fingerprint density at radius 3 is 2.67 bits per heavy atom. The molecule has 0 atom stereocenters. The van der Waals surface area contributed by atoms with E-state index in [0.717, 1.165) is 65.9 Å². The van der Waals surface area contributed by atoms with Crippen LogP contribution in [0.5, 0.6) is 11.5 Å². The quantitative estimate of drug-likeness (QED) is 0.240. The van der Waals surface area contributed by atoms with Gasteiger partial charge in [-0.25, -0.2) is 4.79 Å². The van der Waals surface area contributed by atoms with Gasteiger partial charge in [0.1, 0.15) is 11.5 Å². The number of hydrogen-bond acceptors (Lipinski definition) is 7. The summed E-state index contributed by atoms with van der Waals surface area (Å²) in [6.45, 7) is 13.1. The molecule has 0 bridgehead atoms. The van der Waals surface area contributed by atoms with E-state index in [1.54, 1.807) is 18.7 Å². The highest BCUT2D eigenvalue weighted by Gasteiger charge is 2.09. The predicted molar refractivity (Wildman–Crippen MR) is 144 cm³/mol. The maximum Gasteiger partial charge on any atom is 0.344 e. The molecule has 6 nitrogen and oxygen atoms in total. The van der Waals surface area contributed by atoms with Crippen molar-refractivity contribution in [2.75, 3.05) is 52.7 Å². The average Bonchev–Trinajstić information content (AvgIpc) is 2.86. The Hall–Kier alpha value is -2.66. The third kappa shape index (κ3) is 9.77. The third-order valence-electron chi connectivity index (χ3n) is 5.39. The molecule has 1 fully saturated rings. The summed E-state index contributed by atoms with van der Waals surface area (Å²) in [6.07, 6.45) is 0. The third-order valence-corrected chi connectivity index (χ3v) is 6.46. The zero-order valence-electron chi connectivity index (χ0n) is 21.8. The molecule has 1 aliphatic heterocycles. The molecule has 0 unspecified atom stereocenters. The van der Waals surface area contributed by atoms with E-state index in [9.17, 15) is 4.79 Å². The van der Waals surface area contributed by atoms with E-state index in [-0.39, 0.29) is 12.6 Å². The molecule has 3 rings (SSSR count). The summed E-state index contributed by atoms with van der Waals surface area (Å²) in [4.78, 5) is 15.0. The first-order valence-electron chi connectivity index (χ1n) is 12.5. The van der Waals surface area contributed by atoms with Gasteiger partial charge in [-0.2, -0.15) is 0 Å². The molecular formula is C29H37NO5S. The topological polar surface area (TPSA) is 57.2 Å². The smallest absolute Gasteiger partial charge is 0.344 e. The molecule has 2 aromatic carbocycles. The van der Waals surface area contributed by atoms with E-state index in [1.807, 2.05) is 25.1 Å². The highest BCUT2D eigenvalue weighted by Crippen LogP contribution is 2.29. The van der Waals surface area contributed by atoms with Crippen molar-refractivity contribution in [3.63, 3.8) is 0 Å². The van der Waals surface area contributed by atoms with Crippen LogP contribution >= 0.6 is 11.8 Å². The SMILES string of the molecule is CCOC(=O)COc1ccc(SCc2cc(C#CCN3CCOCC3)cc(OCC(C)C)c2)cc1C. The first kappa shape index (κ1) is 27.9. The van der Waals surface area contributed by atoms with Gasteiger partial charge in [-0.15, -0.1) is 11.8 Å². The number of hydrogen-bond donors (Lipinski definition) is 0. The van der Waals surface area contributed by atoms with Crippen molar-refractivity contribution in [3.05, 3.63) is 53.1 Å². The minimum atomic E-state index is -0.362. The molecule has 1 aliphatic rings. The second-order valence-corrected chi connectivity index (χ2v) is 10.1. The van der Waals surface area contributed by atoms with Crippen LogP contribution in [0, 0.1) is 24.7 Å². The molecule has 0 radical (unpaired) electrons. The van der Waals surface area contributed by atoms with Crippen molar-refractivity contribution in [1.29, 1.82) is 0 Å². The molecule has 0 spiro atoms. The molecule has 1 saturated heterocycles. The van der Waals surface area contributed by atoms with Crippen LogP contribution in [0.3, 0.4) is 0 Å². The molecule has 36 heavy (non-hydrogen) atoms. The highest BCUT2D eigenvalue weighted by atomic mass is 32.2. The minimum absolute atomic E-state index is 0.0836. The number of ether oxygens (including phenoxy) is 4. The fourth-order valence-corrected chi connectivity index (χ4v) is 4.48. The van der Waals surface area contributed by atoms with Gasteiger partial charge in [-0.05, 0) is 67.3 Å². The number of aryl methyl sites for hydroxylation is 1. The monoisotopic (exact) mass is 511 g/mol. The van der Waals surface area contributed by atoms with Crippen LogP contribution < -0.4 is 9.47 Å². The van der Waals surface area contributed by atoms with Gasteiger partial charge in [0.05, 0.1) is 33.0 Å². The second kappa shape index (κ2) is 14.8. The van der Waals surface area contributed by atoms with Gasteiger partial charge in [0, 0.05) is 29.3 Å². The number of carbonyl (C=O) groups excluding carboxylic acids is 1. The standard InChI is InChI=1S/C29H37NO5S/c1-5-33-29(31)20-35-28-9-8-27(15-23(28)4)36-21-25-16-24(17-26(18-25)34-19-22(2)3)7-6-10-30-11-13-32-14-12-30/h8-9,15-18,22H,5,10-14,19-21H2,1-4H3. The number of rotatable bonds is 11. The van der Waals surface area contributed by atoms with E-state index in [1.165, 1.54) is 0 Å². The Morgan fingerprint density at radius 1 is 1.14 bits per heavy atom. The van der Waals surface area contributed by atoms with Gasteiger partial charge in [0.15, 0.2) is 6.61 Å². The maximum absolute atomic E-state index is 11.6. The molecule has 0 amide bonds. The lowest BCUT2D eigenvalue weighted by molar-refractivity contribution is -0.145. The molecule has 7 heteroatoms. The van der Waals surface area contributed by atoms with Crippen LogP contribution in [-0.2, 0) is 20.0 Å².